The van der Waals surface area contributed by atoms with Crippen molar-refractivity contribution in [3.63, 3.8) is 0 Å². The topological polar surface area (TPSA) is 48.9 Å². The van der Waals surface area contributed by atoms with Gasteiger partial charge in [-0.25, -0.2) is 4.39 Å². The Balaban J connectivity index is 2.31. The van der Waals surface area contributed by atoms with Gasteiger partial charge in [0.25, 0.3) is 0 Å². The van der Waals surface area contributed by atoms with Crippen LogP contribution >= 0.6 is 0 Å². The number of aromatic nitrogens is 2. The van der Waals surface area contributed by atoms with Crippen molar-refractivity contribution in [2.45, 2.75) is 0 Å². The summed E-state index contributed by atoms with van der Waals surface area (Å²) in [7, 11) is 0. The maximum Gasteiger partial charge on any atom is 0.127 e. The lowest BCUT2D eigenvalue weighted by Crippen LogP contribution is -1.81. The van der Waals surface area contributed by atoms with Crippen LogP contribution in [0.3, 0.4) is 0 Å². The van der Waals surface area contributed by atoms with Gasteiger partial charge in [0.15, 0.2) is 0 Å². The van der Waals surface area contributed by atoms with Crippen molar-refractivity contribution in [3.05, 3.63) is 48.3 Å². The molecule has 0 aliphatic rings. The summed E-state index contributed by atoms with van der Waals surface area (Å²) in [6.45, 7) is 0. The highest BCUT2D eigenvalue weighted by Gasteiger charge is 2.11. The number of aromatic amines is 1. The molecule has 1 heterocycles. The van der Waals surface area contributed by atoms with E-state index >= 15 is 0 Å². The van der Waals surface area contributed by atoms with Crippen LogP contribution in [0.5, 0.6) is 5.75 Å². The summed E-state index contributed by atoms with van der Waals surface area (Å²) in [5.74, 6) is -0.190. The minimum atomic E-state index is -0.325. The number of fused-ring (bicyclic) bond motifs is 1. The zero-order valence-corrected chi connectivity index (χ0v) is 8.81. The molecule has 2 N–H and O–H groups in total. The molecular weight excluding hydrogens is 219 g/mol. The number of phenolic OH excluding ortho intramolecular Hbond substituents is 1. The van der Waals surface area contributed by atoms with Gasteiger partial charge in [-0.3, -0.25) is 5.10 Å². The van der Waals surface area contributed by atoms with Crippen molar-refractivity contribution in [1.29, 1.82) is 0 Å². The Morgan fingerprint density at radius 2 is 1.94 bits per heavy atom. The molecule has 0 spiro atoms. The molecule has 0 aliphatic heterocycles. The summed E-state index contributed by atoms with van der Waals surface area (Å²) in [5, 5.41) is 17.4. The van der Waals surface area contributed by atoms with Crippen LogP contribution in [0.4, 0.5) is 4.39 Å². The third-order valence-electron chi connectivity index (χ3n) is 2.67. The fourth-order valence-electron chi connectivity index (χ4n) is 1.90. The number of benzene rings is 2. The average Bonchev–Trinajstić information content (AvgIpc) is 2.74. The molecule has 0 fully saturated rings. The highest BCUT2D eigenvalue weighted by Crippen LogP contribution is 2.32. The van der Waals surface area contributed by atoms with E-state index in [4.69, 9.17) is 0 Å². The number of phenols is 1. The van der Waals surface area contributed by atoms with Gasteiger partial charge in [-0.05, 0) is 24.3 Å². The molecule has 3 nitrogen and oxygen atoms in total. The summed E-state index contributed by atoms with van der Waals surface area (Å²) >= 11 is 0. The van der Waals surface area contributed by atoms with Crippen molar-refractivity contribution in [2.24, 2.45) is 0 Å². The lowest BCUT2D eigenvalue weighted by molar-refractivity contribution is 0.482. The van der Waals surface area contributed by atoms with E-state index in [-0.39, 0.29) is 11.6 Å². The molecule has 2 aromatic carbocycles. The second kappa shape index (κ2) is 3.59. The highest BCUT2D eigenvalue weighted by atomic mass is 19.1. The first-order valence-corrected chi connectivity index (χ1v) is 5.18. The molecule has 0 atom stereocenters. The van der Waals surface area contributed by atoms with E-state index in [2.05, 4.69) is 10.2 Å². The molecule has 84 valence electrons. The fraction of sp³-hybridized carbons (Fsp3) is 0. The quantitative estimate of drug-likeness (QED) is 0.672. The molecule has 0 amide bonds. The zero-order valence-electron chi connectivity index (χ0n) is 8.81. The standard InChI is InChI=1S/C13H9FN2O/c14-9-4-1-3-8(7-9)13-12-10(15-16-13)5-2-6-11(12)17/h1-7,17H,(H,15,16). The van der Waals surface area contributed by atoms with Gasteiger partial charge >= 0.3 is 0 Å². The van der Waals surface area contributed by atoms with Crippen LogP contribution in [0, 0.1) is 5.82 Å². The third kappa shape index (κ3) is 1.54. The van der Waals surface area contributed by atoms with Crippen molar-refractivity contribution in [3.8, 4) is 17.0 Å². The van der Waals surface area contributed by atoms with E-state index in [0.717, 1.165) is 5.52 Å². The van der Waals surface area contributed by atoms with Crippen LogP contribution in [0.2, 0.25) is 0 Å². The molecular formula is C13H9FN2O. The predicted octanol–water partition coefficient (Wildman–Crippen LogP) is 3.07. The summed E-state index contributed by atoms with van der Waals surface area (Å²) in [6, 6.07) is 11.3. The summed E-state index contributed by atoms with van der Waals surface area (Å²) in [6.07, 6.45) is 0. The Kier molecular flexibility index (Phi) is 2.08. The Bertz CT molecular complexity index is 691. The normalized spacial score (nSPS) is 10.9. The second-order valence-electron chi connectivity index (χ2n) is 3.78. The smallest absolute Gasteiger partial charge is 0.127 e. The largest absolute Gasteiger partial charge is 0.507 e. The van der Waals surface area contributed by atoms with Crippen LogP contribution in [0.25, 0.3) is 22.2 Å². The first-order valence-electron chi connectivity index (χ1n) is 5.18. The molecule has 0 bridgehead atoms. The molecule has 0 radical (unpaired) electrons. The Morgan fingerprint density at radius 1 is 1.12 bits per heavy atom. The molecule has 0 unspecified atom stereocenters. The van der Waals surface area contributed by atoms with Crippen molar-refractivity contribution >= 4 is 10.9 Å². The van der Waals surface area contributed by atoms with Crippen molar-refractivity contribution in [1.82, 2.24) is 10.2 Å². The van der Waals surface area contributed by atoms with Crippen LogP contribution in [-0.4, -0.2) is 15.3 Å². The molecule has 3 aromatic rings. The Morgan fingerprint density at radius 3 is 2.76 bits per heavy atom. The Labute approximate surface area is 96.5 Å². The van der Waals surface area contributed by atoms with Gasteiger partial charge in [-0.2, -0.15) is 5.10 Å². The summed E-state index contributed by atoms with van der Waals surface area (Å²) in [5.41, 5.74) is 1.92. The van der Waals surface area contributed by atoms with E-state index < -0.39 is 0 Å². The van der Waals surface area contributed by atoms with Gasteiger partial charge < -0.3 is 5.11 Å². The molecule has 4 heteroatoms. The average molecular weight is 228 g/mol. The van der Waals surface area contributed by atoms with Gasteiger partial charge in [0, 0.05) is 5.56 Å². The Hall–Kier alpha value is -2.36. The molecule has 0 saturated heterocycles. The highest BCUT2D eigenvalue weighted by molar-refractivity contribution is 5.97. The molecule has 0 saturated carbocycles. The first kappa shape index (κ1) is 9.84. The van der Waals surface area contributed by atoms with E-state index in [1.165, 1.54) is 12.1 Å². The van der Waals surface area contributed by atoms with E-state index in [9.17, 15) is 9.50 Å². The minimum Gasteiger partial charge on any atom is -0.507 e. The number of nitrogens with one attached hydrogen (secondary N) is 1. The first-order chi connectivity index (χ1) is 8.25. The van der Waals surface area contributed by atoms with Crippen LogP contribution in [0.15, 0.2) is 42.5 Å². The van der Waals surface area contributed by atoms with Crippen LogP contribution in [-0.2, 0) is 0 Å². The van der Waals surface area contributed by atoms with Gasteiger partial charge in [-0.1, -0.05) is 18.2 Å². The molecule has 1 aromatic heterocycles. The monoisotopic (exact) mass is 228 g/mol. The van der Waals surface area contributed by atoms with E-state index in [0.29, 0.717) is 16.6 Å². The second-order valence-corrected chi connectivity index (χ2v) is 3.78. The lowest BCUT2D eigenvalue weighted by Gasteiger charge is -1.99. The number of hydrogen-bond donors (Lipinski definition) is 2. The number of aromatic hydroxyl groups is 1. The molecule has 3 rings (SSSR count). The number of H-pyrrole nitrogens is 1. The van der Waals surface area contributed by atoms with Crippen molar-refractivity contribution in [2.75, 3.05) is 0 Å². The van der Waals surface area contributed by atoms with Crippen LogP contribution in [0.1, 0.15) is 0 Å². The lowest BCUT2D eigenvalue weighted by atomic mass is 10.1. The SMILES string of the molecule is Oc1cccc2[nH]nc(-c3cccc(F)c3)c12. The number of halogens is 1. The van der Waals surface area contributed by atoms with Gasteiger partial charge in [0.2, 0.25) is 0 Å². The van der Waals surface area contributed by atoms with Gasteiger partial charge in [0.1, 0.15) is 17.3 Å². The minimum absolute atomic E-state index is 0.135. The van der Waals surface area contributed by atoms with Crippen molar-refractivity contribution < 1.29 is 9.50 Å². The number of rotatable bonds is 1. The van der Waals surface area contributed by atoms with E-state index in [1.807, 2.05) is 6.07 Å². The summed E-state index contributed by atoms with van der Waals surface area (Å²) < 4.78 is 13.2. The predicted molar refractivity (Wildman–Crippen MR) is 63.2 cm³/mol. The summed E-state index contributed by atoms with van der Waals surface area (Å²) in [4.78, 5) is 0. The van der Waals surface area contributed by atoms with Gasteiger partial charge in [-0.15, -0.1) is 0 Å². The number of hydrogen-bond acceptors (Lipinski definition) is 2. The number of nitrogens with zero attached hydrogens (tertiary/aromatic N) is 1. The molecule has 0 aliphatic carbocycles. The van der Waals surface area contributed by atoms with Crippen LogP contribution < -0.4 is 0 Å². The molecule has 17 heavy (non-hydrogen) atoms. The zero-order chi connectivity index (χ0) is 11.8. The van der Waals surface area contributed by atoms with Gasteiger partial charge in [0.05, 0.1) is 10.9 Å². The fourth-order valence-corrected chi connectivity index (χ4v) is 1.90. The van der Waals surface area contributed by atoms with E-state index in [1.54, 1.807) is 24.3 Å². The third-order valence-corrected chi connectivity index (χ3v) is 2.67. The maximum atomic E-state index is 13.2. The maximum absolute atomic E-state index is 13.2.